The van der Waals surface area contributed by atoms with E-state index in [1.54, 1.807) is 0 Å². The summed E-state index contributed by atoms with van der Waals surface area (Å²) in [6.07, 6.45) is 1.89. The minimum absolute atomic E-state index is 0. The van der Waals surface area contributed by atoms with Gasteiger partial charge in [0, 0.05) is 18.5 Å². The number of hydrogen-bond acceptors (Lipinski definition) is 7. The predicted molar refractivity (Wildman–Crippen MR) is 126 cm³/mol. The molecule has 4 heterocycles. The minimum atomic E-state index is -0.671. The number of benzene rings is 1. The van der Waals surface area contributed by atoms with Crippen molar-refractivity contribution in [2.24, 2.45) is 16.6 Å². The van der Waals surface area contributed by atoms with Crippen LogP contribution in [0.5, 0.6) is 0 Å². The number of nitrogen functional groups attached to an aromatic ring is 2. The summed E-state index contributed by atoms with van der Waals surface area (Å²) in [5.74, 6) is -0.604. The zero-order chi connectivity index (χ0) is 23.6. The van der Waals surface area contributed by atoms with Crippen LogP contribution in [-0.4, -0.2) is 64.4 Å². The van der Waals surface area contributed by atoms with Crippen molar-refractivity contribution in [3.63, 3.8) is 0 Å². The summed E-state index contributed by atoms with van der Waals surface area (Å²) in [4.78, 5) is 37.4. The molecule has 1 aromatic heterocycles. The molecule has 3 fully saturated rings. The van der Waals surface area contributed by atoms with Crippen molar-refractivity contribution in [3.05, 3.63) is 41.2 Å². The van der Waals surface area contributed by atoms with E-state index in [-0.39, 0.29) is 52.8 Å². The second-order valence-corrected chi connectivity index (χ2v) is 8.91. The second kappa shape index (κ2) is 10.4. The lowest BCUT2D eigenvalue weighted by atomic mass is 9.82. The van der Waals surface area contributed by atoms with Gasteiger partial charge >= 0.3 is 0 Å². The van der Waals surface area contributed by atoms with Gasteiger partial charge in [0.05, 0.1) is 13.1 Å². The van der Waals surface area contributed by atoms with Crippen LogP contribution in [0.1, 0.15) is 23.3 Å². The minimum Gasteiger partial charge on any atom is -1.00 e. The summed E-state index contributed by atoms with van der Waals surface area (Å²) in [6.45, 7) is 2.89. The van der Waals surface area contributed by atoms with Crippen molar-refractivity contribution in [2.45, 2.75) is 18.9 Å². The molecule has 0 unspecified atom stereocenters. The fourth-order valence-electron chi connectivity index (χ4n) is 4.64. The molecule has 2 aromatic rings. The molecule has 34 heavy (non-hydrogen) atoms. The quantitative estimate of drug-likeness (QED) is 0.170. The summed E-state index contributed by atoms with van der Waals surface area (Å²) in [7, 11) is 0. The van der Waals surface area contributed by atoms with Crippen LogP contribution < -0.4 is 40.2 Å². The summed E-state index contributed by atoms with van der Waals surface area (Å²) < 4.78 is 0.649. The molecule has 1 aromatic carbocycles. The van der Waals surface area contributed by atoms with Gasteiger partial charge in [0.15, 0.2) is 35.0 Å². The highest BCUT2D eigenvalue weighted by atomic mass is 35.5. The second-order valence-electron chi connectivity index (χ2n) is 8.55. The number of guanidine groups is 1. The van der Waals surface area contributed by atoms with E-state index in [2.05, 4.69) is 25.6 Å². The molecule has 0 spiro atoms. The molecule has 1 atom stereocenters. The highest BCUT2D eigenvalue weighted by molar-refractivity contribution is 6.31. The molecule has 0 aliphatic carbocycles. The maximum atomic E-state index is 12.7. The Labute approximate surface area is 208 Å². The highest BCUT2D eigenvalue weighted by Crippen LogP contribution is 2.35. The molecule has 13 heteroatoms. The summed E-state index contributed by atoms with van der Waals surface area (Å²) >= 11 is 5.84. The Morgan fingerprint density at radius 1 is 1.12 bits per heavy atom. The van der Waals surface area contributed by atoms with Crippen LogP contribution in [0.25, 0.3) is 0 Å². The summed E-state index contributed by atoms with van der Waals surface area (Å²) in [5, 5.41) is 5.34. The number of quaternary nitrogens is 1. The number of para-hydroxylation sites is 1. The average molecular weight is 508 g/mol. The molecule has 3 saturated heterocycles. The van der Waals surface area contributed by atoms with Crippen LogP contribution in [0.3, 0.4) is 0 Å². The number of rotatable bonds is 5. The van der Waals surface area contributed by atoms with E-state index in [4.69, 9.17) is 28.8 Å². The van der Waals surface area contributed by atoms with Crippen molar-refractivity contribution < 1.29 is 26.5 Å². The van der Waals surface area contributed by atoms with E-state index in [1.807, 2.05) is 30.3 Å². The first-order chi connectivity index (χ1) is 15.7. The zero-order valence-corrected chi connectivity index (χ0v) is 19.9. The first-order valence-corrected chi connectivity index (χ1v) is 11.1. The fourth-order valence-corrected chi connectivity index (χ4v) is 4.77. The largest absolute Gasteiger partial charge is 1.00 e. The van der Waals surface area contributed by atoms with Gasteiger partial charge in [-0.3, -0.25) is 14.9 Å². The van der Waals surface area contributed by atoms with Gasteiger partial charge in [-0.15, -0.1) is 0 Å². The van der Waals surface area contributed by atoms with Crippen molar-refractivity contribution in [2.75, 3.05) is 43.0 Å². The monoisotopic (exact) mass is 507 g/mol. The predicted octanol–water partition coefficient (Wildman–Crippen LogP) is -2.41. The molecule has 0 saturated carbocycles. The highest BCUT2D eigenvalue weighted by Gasteiger charge is 2.47. The average Bonchev–Trinajstić information content (AvgIpc) is 2.77. The van der Waals surface area contributed by atoms with Crippen LogP contribution in [0.15, 0.2) is 35.3 Å². The van der Waals surface area contributed by atoms with Crippen LogP contribution >= 0.6 is 11.6 Å². The molecular weight excluding hydrogens is 481 g/mol. The number of halogens is 2. The number of nitrogens with one attached hydrogen (secondary N) is 2. The third-order valence-electron chi connectivity index (χ3n) is 6.27. The Bertz CT molecular complexity index is 1090. The number of piperidine rings is 3. The van der Waals surface area contributed by atoms with Crippen molar-refractivity contribution in [1.82, 2.24) is 15.3 Å². The molecule has 3 aliphatic rings. The smallest absolute Gasteiger partial charge is 0.280 e. The van der Waals surface area contributed by atoms with E-state index < -0.39 is 5.91 Å². The lowest BCUT2D eigenvalue weighted by Gasteiger charge is -2.51. The van der Waals surface area contributed by atoms with Gasteiger partial charge in [-0.25, -0.2) is 15.0 Å². The fraction of sp³-hybridized carbons (Fsp3) is 0.381. The van der Waals surface area contributed by atoms with E-state index >= 15 is 0 Å². The van der Waals surface area contributed by atoms with Gasteiger partial charge in [-0.2, -0.15) is 0 Å². The van der Waals surface area contributed by atoms with Crippen LogP contribution in [0.2, 0.25) is 5.15 Å². The topological polar surface area (TPSA) is 174 Å². The molecular formula is C21H27Cl2N9O2. The van der Waals surface area contributed by atoms with E-state index in [9.17, 15) is 9.59 Å². The molecule has 182 valence electrons. The standard InChI is InChI=1S/C21H26ClN9O2.ClH/c22-17-19(24)29-18(23)16(28-17)20(33)30-21(25)27-14-10-31(8-6-12(14)7-9-31)11-15(32)26-13-4-2-1-3-5-13;/h1-5,12,14H,6-11H2,(H7-,23,24,25,26,27,29,30,32,33);1H/t12?,14-,31?;/m1./s1. The molecule has 3 aliphatic heterocycles. The molecule has 11 nitrogen and oxygen atoms in total. The number of hydrogen-bond donors (Lipinski definition) is 5. The van der Waals surface area contributed by atoms with Crippen LogP contribution in [0.4, 0.5) is 17.3 Å². The molecule has 0 radical (unpaired) electrons. The van der Waals surface area contributed by atoms with Crippen molar-refractivity contribution in [3.8, 4) is 0 Å². The Balaban J connectivity index is 0.00000324. The number of aliphatic imine (C=N–C) groups is 1. The summed E-state index contributed by atoms with van der Waals surface area (Å²) in [5.41, 5.74) is 17.9. The normalized spacial score (nSPS) is 23.6. The molecule has 8 N–H and O–H groups in total. The maximum Gasteiger partial charge on any atom is 0.280 e. The number of carbonyl (C=O) groups excluding carboxylic acids is 2. The third kappa shape index (κ3) is 5.66. The number of anilines is 3. The first-order valence-electron chi connectivity index (χ1n) is 10.7. The molecule has 5 rings (SSSR count). The number of amides is 2. The molecule has 2 bridgehead atoms. The van der Waals surface area contributed by atoms with Gasteiger partial charge in [0.1, 0.15) is 12.6 Å². The van der Waals surface area contributed by atoms with Crippen LogP contribution in [-0.2, 0) is 4.79 Å². The lowest BCUT2D eigenvalue weighted by Crippen LogP contribution is -3.00. The Morgan fingerprint density at radius 3 is 2.47 bits per heavy atom. The van der Waals surface area contributed by atoms with Gasteiger partial charge < -0.3 is 39.4 Å². The summed E-state index contributed by atoms with van der Waals surface area (Å²) in [6, 6.07) is 9.30. The Morgan fingerprint density at radius 2 is 1.79 bits per heavy atom. The van der Waals surface area contributed by atoms with E-state index in [1.165, 1.54) is 0 Å². The Hall–Kier alpha value is -3.15. The number of nitrogens with zero attached hydrogens (tertiary/aromatic N) is 4. The van der Waals surface area contributed by atoms with Gasteiger partial charge in [-0.05, 0) is 18.1 Å². The van der Waals surface area contributed by atoms with Crippen molar-refractivity contribution in [1.29, 1.82) is 0 Å². The number of nitrogens with two attached hydrogens (primary N) is 3. The number of aromatic nitrogens is 2. The Kier molecular flexibility index (Phi) is 7.80. The van der Waals surface area contributed by atoms with Gasteiger partial charge in [-0.1, -0.05) is 29.8 Å². The molecule has 2 amide bonds. The number of carbonyl (C=O) groups is 2. The SMILES string of the molecule is NC(=N[C@@H]1C[N+]2(CC(=O)Nc3ccccc3)CCC1CC2)NC(=O)c1nc(Cl)c(N)nc1N.[Cl-]. The first kappa shape index (κ1) is 25.5. The lowest BCUT2D eigenvalue weighted by molar-refractivity contribution is -0.936. The van der Waals surface area contributed by atoms with Crippen molar-refractivity contribution >= 4 is 46.7 Å². The van der Waals surface area contributed by atoms with Crippen LogP contribution in [0, 0.1) is 5.92 Å². The van der Waals surface area contributed by atoms with Gasteiger partial charge in [0.2, 0.25) is 0 Å². The van der Waals surface area contributed by atoms with Gasteiger partial charge in [0.25, 0.3) is 11.8 Å². The number of fused-ring (bicyclic) bond motifs is 3. The third-order valence-corrected chi connectivity index (χ3v) is 6.55. The maximum absolute atomic E-state index is 12.7. The zero-order valence-electron chi connectivity index (χ0n) is 18.4. The van der Waals surface area contributed by atoms with E-state index in [0.717, 1.165) is 31.6 Å². The van der Waals surface area contributed by atoms with E-state index in [0.29, 0.717) is 23.5 Å².